The number of ether oxygens (including phenoxy) is 3. The molecule has 0 aliphatic heterocycles. The van der Waals surface area contributed by atoms with E-state index in [0.29, 0.717) is 36.3 Å². The van der Waals surface area contributed by atoms with E-state index in [1.54, 1.807) is 0 Å². The van der Waals surface area contributed by atoms with Crippen molar-refractivity contribution in [1.82, 2.24) is 10.2 Å². The molecule has 3 rings (SSSR count). The molecule has 0 unspecified atom stereocenters. The van der Waals surface area contributed by atoms with Gasteiger partial charge in [0.15, 0.2) is 23.9 Å². The van der Waals surface area contributed by atoms with Gasteiger partial charge in [-0.25, -0.2) is 0 Å². The summed E-state index contributed by atoms with van der Waals surface area (Å²) in [5, 5.41) is 10.0. The van der Waals surface area contributed by atoms with Gasteiger partial charge in [0.2, 0.25) is 0 Å². The molecule has 2 aromatic carbocycles. The fourth-order valence-corrected chi connectivity index (χ4v) is 3.20. The van der Waals surface area contributed by atoms with Crippen LogP contribution in [0.4, 0.5) is 5.82 Å². The molecular formula is C24H29N3O4. The van der Waals surface area contributed by atoms with Crippen LogP contribution in [-0.2, 0) is 4.79 Å². The summed E-state index contributed by atoms with van der Waals surface area (Å²) in [6, 6.07) is 11.4. The standard InChI is InChI=1S/C24H29N3O4/c1-6-29-20-11-9-18(13-21(20)30-7-2)23-17(5)26-27-24(23)25-22(28)14-31-19-10-8-15(3)16(4)12-19/h8-13H,6-7,14H2,1-5H3,(H2,25,26,27,28). The monoisotopic (exact) mass is 423 g/mol. The summed E-state index contributed by atoms with van der Waals surface area (Å²) < 4.78 is 17.0. The maximum atomic E-state index is 12.5. The third kappa shape index (κ3) is 5.36. The molecule has 164 valence electrons. The van der Waals surface area contributed by atoms with Crippen LogP contribution < -0.4 is 19.5 Å². The summed E-state index contributed by atoms with van der Waals surface area (Å²) in [4.78, 5) is 12.5. The Morgan fingerprint density at radius 2 is 1.68 bits per heavy atom. The molecule has 1 heterocycles. The highest BCUT2D eigenvalue weighted by molar-refractivity contribution is 5.95. The molecule has 0 saturated heterocycles. The zero-order valence-corrected chi connectivity index (χ0v) is 18.7. The van der Waals surface area contributed by atoms with Gasteiger partial charge in [-0.15, -0.1) is 0 Å². The molecule has 0 saturated carbocycles. The maximum absolute atomic E-state index is 12.5. The summed E-state index contributed by atoms with van der Waals surface area (Å²) in [6.07, 6.45) is 0. The first kappa shape index (κ1) is 22.2. The third-order valence-electron chi connectivity index (χ3n) is 4.89. The van der Waals surface area contributed by atoms with Crippen LogP contribution >= 0.6 is 0 Å². The normalized spacial score (nSPS) is 10.6. The van der Waals surface area contributed by atoms with E-state index < -0.39 is 0 Å². The van der Waals surface area contributed by atoms with Crippen molar-refractivity contribution in [2.24, 2.45) is 0 Å². The summed E-state index contributed by atoms with van der Waals surface area (Å²) in [7, 11) is 0. The summed E-state index contributed by atoms with van der Waals surface area (Å²) in [5.74, 6) is 2.14. The minimum absolute atomic E-state index is 0.110. The molecule has 1 amide bonds. The lowest BCUT2D eigenvalue weighted by Crippen LogP contribution is -2.20. The molecule has 1 aromatic heterocycles. The maximum Gasteiger partial charge on any atom is 0.263 e. The van der Waals surface area contributed by atoms with Gasteiger partial charge in [-0.1, -0.05) is 12.1 Å². The van der Waals surface area contributed by atoms with E-state index in [4.69, 9.17) is 14.2 Å². The van der Waals surface area contributed by atoms with Crippen molar-refractivity contribution >= 4 is 11.7 Å². The molecule has 0 spiro atoms. The van der Waals surface area contributed by atoms with Crippen LogP contribution in [0.5, 0.6) is 17.2 Å². The van der Waals surface area contributed by atoms with Gasteiger partial charge in [0.1, 0.15) is 5.75 Å². The average molecular weight is 424 g/mol. The molecule has 2 N–H and O–H groups in total. The number of anilines is 1. The van der Waals surface area contributed by atoms with Gasteiger partial charge in [0.25, 0.3) is 5.91 Å². The highest BCUT2D eigenvalue weighted by Crippen LogP contribution is 2.36. The number of nitrogens with one attached hydrogen (secondary N) is 2. The van der Waals surface area contributed by atoms with E-state index in [9.17, 15) is 4.79 Å². The fraction of sp³-hybridized carbons (Fsp3) is 0.333. The van der Waals surface area contributed by atoms with Crippen molar-refractivity contribution in [3.8, 4) is 28.4 Å². The Kier molecular flexibility index (Phi) is 7.18. The number of amides is 1. The number of carbonyl (C=O) groups excluding carboxylic acids is 1. The van der Waals surface area contributed by atoms with Crippen molar-refractivity contribution in [2.45, 2.75) is 34.6 Å². The molecule has 0 bridgehead atoms. The van der Waals surface area contributed by atoms with Crippen LogP contribution in [-0.4, -0.2) is 35.9 Å². The molecule has 3 aromatic rings. The lowest BCUT2D eigenvalue weighted by molar-refractivity contribution is -0.118. The van der Waals surface area contributed by atoms with E-state index in [0.717, 1.165) is 22.4 Å². The molecular weight excluding hydrogens is 394 g/mol. The number of carbonyl (C=O) groups is 1. The second-order valence-corrected chi connectivity index (χ2v) is 7.18. The highest BCUT2D eigenvalue weighted by Gasteiger charge is 2.17. The lowest BCUT2D eigenvalue weighted by atomic mass is 10.0. The number of nitrogens with zero attached hydrogens (tertiary/aromatic N) is 1. The number of benzene rings is 2. The SMILES string of the molecule is CCOc1ccc(-c2c(NC(=O)COc3ccc(C)c(C)c3)n[nH]c2C)cc1OCC. The Morgan fingerprint density at radius 1 is 0.935 bits per heavy atom. The first-order valence-corrected chi connectivity index (χ1v) is 10.4. The molecule has 0 fully saturated rings. The minimum Gasteiger partial charge on any atom is -0.490 e. The van der Waals surface area contributed by atoms with Crippen molar-refractivity contribution in [3.63, 3.8) is 0 Å². The Bertz CT molecular complexity index is 1060. The van der Waals surface area contributed by atoms with Crippen LogP contribution in [0.2, 0.25) is 0 Å². The zero-order valence-electron chi connectivity index (χ0n) is 18.7. The molecule has 0 aliphatic carbocycles. The van der Waals surface area contributed by atoms with E-state index in [2.05, 4.69) is 15.5 Å². The first-order valence-electron chi connectivity index (χ1n) is 10.4. The van der Waals surface area contributed by atoms with Gasteiger partial charge in [0.05, 0.1) is 13.2 Å². The summed E-state index contributed by atoms with van der Waals surface area (Å²) in [5.41, 5.74) is 4.78. The van der Waals surface area contributed by atoms with Gasteiger partial charge in [-0.2, -0.15) is 5.10 Å². The number of hydrogen-bond donors (Lipinski definition) is 2. The third-order valence-corrected chi connectivity index (χ3v) is 4.89. The number of H-pyrrole nitrogens is 1. The minimum atomic E-state index is -0.290. The highest BCUT2D eigenvalue weighted by atomic mass is 16.5. The predicted molar refractivity (Wildman–Crippen MR) is 121 cm³/mol. The number of aromatic amines is 1. The molecule has 0 aliphatic rings. The summed E-state index contributed by atoms with van der Waals surface area (Å²) >= 11 is 0. The molecule has 0 radical (unpaired) electrons. The zero-order chi connectivity index (χ0) is 22.4. The van der Waals surface area contributed by atoms with Gasteiger partial charge in [-0.05, 0) is 75.6 Å². The molecule has 7 heteroatoms. The van der Waals surface area contributed by atoms with E-state index in [1.165, 1.54) is 5.56 Å². The van der Waals surface area contributed by atoms with Crippen LogP contribution in [0, 0.1) is 20.8 Å². The topological polar surface area (TPSA) is 85.5 Å². The van der Waals surface area contributed by atoms with Crippen molar-refractivity contribution < 1.29 is 19.0 Å². The average Bonchev–Trinajstić information content (AvgIpc) is 3.10. The lowest BCUT2D eigenvalue weighted by Gasteiger charge is -2.13. The van der Waals surface area contributed by atoms with Gasteiger partial charge < -0.3 is 19.5 Å². The molecule has 7 nitrogen and oxygen atoms in total. The largest absolute Gasteiger partial charge is 0.490 e. The van der Waals surface area contributed by atoms with E-state index >= 15 is 0 Å². The number of aromatic nitrogens is 2. The van der Waals surface area contributed by atoms with Gasteiger partial charge >= 0.3 is 0 Å². The predicted octanol–water partition coefficient (Wildman–Crippen LogP) is 4.82. The van der Waals surface area contributed by atoms with Crippen LogP contribution in [0.3, 0.4) is 0 Å². The van der Waals surface area contributed by atoms with Crippen molar-refractivity contribution in [3.05, 3.63) is 53.2 Å². The quantitative estimate of drug-likeness (QED) is 0.516. The van der Waals surface area contributed by atoms with E-state index in [-0.39, 0.29) is 12.5 Å². The van der Waals surface area contributed by atoms with Crippen molar-refractivity contribution in [2.75, 3.05) is 25.1 Å². The Hall–Kier alpha value is -3.48. The van der Waals surface area contributed by atoms with Crippen LogP contribution in [0.1, 0.15) is 30.7 Å². The number of rotatable bonds is 9. The molecule has 0 atom stereocenters. The van der Waals surface area contributed by atoms with Crippen molar-refractivity contribution in [1.29, 1.82) is 0 Å². The van der Waals surface area contributed by atoms with Gasteiger partial charge in [-0.3, -0.25) is 9.89 Å². The summed E-state index contributed by atoms with van der Waals surface area (Å²) in [6.45, 7) is 10.8. The fourth-order valence-electron chi connectivity index (χ4n) is 3.20. The number of aryl methyl sites for hydroxylation is 3. The van der Waals surface area contributed by atoms with Gasteiger partial charge in [0, 0.05) is 11.3 Å². The smallest absolute Gasteiger partial charge is 0.263 e. The first-order chi connectivity index (χ1) is 14.9. The van der Waals surface area contributed by atoms with Crippen LogP contribution in [0.15, 0.2) is 36.4 Å². The number of hydrogen-bond acceptors (Lipinski definition) is 5. The van der Waals surface area contributed by atoms with E-state index in [1.807, 2.05) is 71.0 Å². The molecule has 31 heavy (non-hydrogen) atoms. The van der Waals surface area contributed by atoms with Crippen LogP contribution in [0.25, 0.3) is 11.1 Å². The second-order valence-electron chi connectivity index (χ2n) is 7.18. The second kappa shape index (κ2) is 10.0. The Balaban J connectivity index is 1.76. The Morgan fingerprint density at radius 3 is 2.39 bits per heavy atom. The Labute approximate surface area is 182 Å².